The zero-order valence-electron chi connectivity index (χ0n) is 10.00. The molecule has 1 amide bonds. The van der Waals surface area contributed by atoms with Crippen LogP contribution in [-0.4, -0.2) is 38.3 Å². The van der Waals surface area contributed by atoms with Crippen molar-refractivity contribution in [2.75, 3.05) is 20.2 Å². The average Bonchev–Trinajstić information content (AvgIpc) is 2.99. The van der Waals surface area contributed by atoms with Crippen LogP contribution in [0.2, 0.25) is 0 Å². The Balaban J connectivity index is 1.56. The number of hydrogen-bond acceptors (Lipinski definition) is 3. The van der Waals surface area contributed by atoms with E-state index in [1.807, 2.05) is 0 Å². The SMILES string of the molecule is COC1CNC(C(=O)NCCCC2CC2)C1. The van der Waals surface area contributed by atoms with Crippen molar-refractivity contribution < 1.29 is 9.53 Å². The Kier molecular flexibility index (Phi) is 4.18. The minimum Gasteiger partial charge on any atom is -0.380 e. The number of amides is 1. The van der Waals surface area contributed by atoms with Crippen molar-refractivity contribution in [3.8, 4) is 0 Å². The second kappa shape index (κ2) is 5.64. The summed E-state index contributed by atoms with van der Waals surface area (Å²) in [7, 11) is 1.70. The van der Waals surface area contributed by atoms with Gasteiger partial charge in [0.25, 0.3) is 0 Å². The molecule has 1 aliphatic carbocycles. The molecule has 0 aromatic heterocycles. The van der Waals surface area contributed by atoms with Crippen molar-refractivity contribution in [1.29, 1.82) is 0 Å². The first-order valence-electron chi connectivity index (χ1n) is 6.33. The average molecular weight is 226 g/mol. The number of rotatable bonds is 6. The Morgan fingerprint density at radius 2 is 2.31 bits per heavy atom. The molecule has 1 heterocycles. The van der Waals surface area contributed by atoms with E-state index in [1.165, 1.54) is 19.3 Å². The Morgan fingerprint density at radius 1 is 1.50 bits per heavy atom. The third-order valence-corrected chi connectivity index (χ3v) is 3.53. The fraction of sp³-hybridized carbons (Fsp3) is 0.917. The largest absolute Gasteiger partial charge is 0.380 e. The number of methoxy groups -OCH3 is 1. The van der Waals surface area contributed by atoms with Crippen LogP contribution in [0, 0.1) is 5.92 Å². The molecule has 4 nitrogen and oxygen atoms in total. The molecule has 2 fully saturated rings. The maximum absolute atomic E-state index is 11.7. The minimum absolute atomic E-state index is 0.0501. The molecule has 1 saturated carbocycles. The van der Waals surface area contributed by atoms with E-state index in [4.69, 9.17) is 4.74 Å². The lowest BCUT2D eigenvalue weighted by Gasteiger charge is -2.11. The van der Waals surface area contributed by atoms with E-state index in [-0.39, 0.29) is 18.1 Å². The van der Waals surface area contributed by atoms with Crippen molar-refractivity contribution >= 4 is 5.91 Å². The lowest BCUT2D eigenvalue weighted by molar-refractivity contribution is -0.122. The second-order valence-corrected chi connectivity index (χ2v) is 4.93. The summed E-state index contributed by atoms with van der Waals surface area (Å²) in [5.74, 6) is 1.09. The van der Waals surface area contributed by atoms with Crippen LogP contribution in [-0.2, 0) is 9.53 Å². The molecule has 92 valence electrons. The fourth-order valence-corrected chi connectivity index (χ4v) is 2.21. The molecule has 0 spiro atoms. The van der Waals surface area contributed by atoms with E-state index in [0.29, 0.717) is 0 Å². The monoisotopic (exact) mass is 226 g/mol. The van der Waals surface area contributed by atoms with Crippen molar-refractivity contribution in [2.24, 2.45) is 5.92 Å². The summed E-state index contributed by atoms with van der Waals surface area (Å²) in [5, 5.41) is 6.18. The van der Waals surface area contributed by atoms with Crippen LogP contribution in [0.5, 0.6) is 0 Å². The van der Waals surface area contributed by atoms with E-state index < -0.39 is 0 Å². The van der Waals surface area contributed by atoms with Gasteiger partial charge in [-0.05, 0) is 25.2 Å². The zero-order chi connectivity index (χ0) is 11.4. The smallest absolute Gasteiger partial charge is 0.237 e. The standard InChI is InChI=1S/C12H22N2O2/c1-16-10-7-11(14-8-10)12(15)13-6-2-3-9-4-5-9/h9-11,14H,2-8H2,1H3,(H,13,15). The van der Waals surface area contributed by atoms with Crippen molar-refractivity contribution in [3.05, 3.63) is 0 Å². The van der Waals surface area contributed by atoms with Gasteiger partial charge in [0, 0.05) is 20.2 Å². The van der Waals surface area contributed by atoms with Crippen LogP contribution in [0.1, 0.15) is 32.1 Å². The number of carbonyl (C=O) groups is 1. The first-order valence-corrected chi connectivity index (χ1v) is 6.33. The van der Waals surface area contributed by atoms with Crippen molar-refractivity contribution in [2.45, 2.75) is 44.2 Å². The summed E-state index contributed by atoms with van der Waals surface area (Å²) in [6, 6.07) is -0.0501. The molecule has 2 atom stereocenters. The predicted molar refractivity (Wildman–Crippen MR) is 62.2 cm³/mol. The molecule has 0 bridgehead atoms. The third kappa shape index (κ3) is 3.46. The Labute approximate surface area is 97.1 Å². The minimum atomic E-state index is -0.0501. The van der Waals surface area contributed by atoms with Gasteiger partial charge < -0.3 is 15.4 Å². The zero-order valence-corrected chi connectivity index (χ0v) is 10.00. The van der Waals surface area contributed by atoms with E-state index in [0.717, 1.165) is 31.8 Å². The molecule has 4 heteroatoms. The summed E-state index contributed by atoms with van der Waals surface area (Å²) < 4.78 is 5.21. The van der Waals surface area contributed by atoms with Crippen LogP contribution >= 0.6 is 0 Å². The van der Waals surface area contributed by atoms with Gasteiger partial charge in [0.2, 0.25) is 5.91 Å². The van der Waals surface area contributed by atoms with Crippen LogP contribution < -0.4 is 10.6 Å². The highest BCUT2D eigenvalue weighted by molar-refractivity contribution is 5.82. The van der Waals surface area contributed by atoms with Crippen LogP contribution in [0.15, 0.2) is 0 Å². The van der Waals surface area contributed by atoms with Crippen molar-refractivity contribution in [1.82, 2.24) is 10.6 Å². The molecule has 0 radical (unpaired) electrons. The molecular weight excluding hydrogens is 204 g/mol. The molecule has 0 aromatic rings. The second-order valence-electron chi connectivity index (χ2n) is 4.93. The summed E-state index contributed by atoms with van der Waals surface area (Å²) in [5.41, 5.74) is 0. The molecule has 2 aliphatic rings. The highest BCUT2D eigenvalue weighted by Gasteiger charge is 2.29. The highest BCUT2D eigenvalue weighted by atomic mass is 16.5. The van der Waals surface area contributed by atoms with Gasteiger partial charge in [-0.1, -0.05) is 12.8 Å². The van der Waals surface area contributed by atoms with E-state index >= 15 is 0 Å². The van der Waals surface area contributed by atoms with Gasteiger partial charge in [0.1, 0.15) is 0 Å². The number of carbonyl (C=O) groups excluding carboxylic acids is 1. The van der Waals surface area contributed by atoms with Crippen LogP contribution in [0.4, 0.5) is 0 Å². The fourth-order valence-electron chi connectivity index (χ4n) is 2.21. The summed E-state index contributed by atoms with van der Waals surface area (Å²) in [6.07, 6.45) is 6.18. The predicted octanol–water partition coefficient (Wildman–Crippen LogP) is 0.670. The van der Waals surface area contributed by atoms with E-state index in [9.17, 15) is 4.79 Å². The van der Waals surface area contributed by atoms with Crippen LogP contribution in [0.25, 0.3) is 0 Å². The Hall–Kier alpha value is -0.610. The van der Waals surface area contributed by atoms with Gasteiger partial charge in [-0.15, -0.1) is 0 Å². The number of ether oxygens (including phenoxy) is 1. The quantitative estimate of drug-likeness (QED) is 0.655. The van der Waals surface area contributed by atoms with E-state index in [1.54, 1.807) is 7.11 Å². The molecule has 2 rings (SSSR count). The van der Waals surface area contributed by atoms with Gasteiger partial charge in [-0.2, -0.15) is 0 Å². The van der Waals surface area contributed by atoms with Crippen LogP contribution in [0.3, 0.4) is 0 Å². The molecule has 1 saturated heterocycles. The van der Waals surface area contributed by atoms with E-state index in [2.05, 4.69) is 10.6 Å². The first kappa shape index (κ1) is 11.9. The van der Waals surface area contributed by atoms with Crippen molar-refractivity contribution in [3.63, 3.8) is 0 Å². The van der Waals surface area contributed by atoms with Gasteiger partial charge in [-0.3, -0.25) is 4.79 Å². The molecule has 1 aliphatic heterocycles. The topological polar surface area (TPSA) is 50.4 Å². The molecular formula is C12H22N2O2. The summed E-state index contributed by atoms with van der Waals surface area (Å²) in [4.78, 5) is 11.7. The van der Waals surface area contributed by atoms with Gasteiger partial charge in [-0.25, -0.2) is 0 Å². The highest BCUT2D eigenvalue weighted by Crippen LogP contribution is 2.33. The normalized spacial score (nSPS) is 29.3. The lowest BCUT2D eigenvalue weighted by atomic mass is 10.2. The first-order chi connectivity index (χ1) is 7.79. The Morgan fingerprint density at radius 3 is 2.94 bits per heavy atom. The molecule has 16 heavy (non-hydrogen) atoms. The number of hydrogen-bond donors (Lipinski definition) is 2. The maximum Gasteiger partial charge on any atom is 0.237 e. The molecule has 0 aromatic carbocycles. The maximum atomic E-state index is 11.7. The number of nitrogens with one attached hydrogen (secondary N) is 2. The van der Waals surface area contributed by atoms with Gasteiger partial charge in [0.05, 0.1) is 12.1 Å². The molecule has 2 unspecified atom stereocenters. The third-order valence-electron chi connectivity index (χ3n) is 3.53. The van der Waals surface area contributed by atoms with Gasteiger partial charge >= 0.3 is 0 Å². The van der Waals surface area contributed by atoms with Gasteiger partial charge in [0.15, 0.2) is 0 Å². The lowest BCUT2D eigenvalue weighted by Crippen LogP contribution is -2.40. The Bertz CT molecular complexity index is 241. The molecule has 2 N–H and O–H groups in total. The summed E-state index contributed by atoms with van der Waals surface area (Å²) >= 11 is 0. The summed E-state index contributed by atoms with van der Waals surface area (Å²) in [6.45, 7) is 1.61.